The van der Waals surface area contributed by atoms with Crippen LogP contribution in [-0.2, 0) is 11.2 Å². The predicted molar refractivity (Wildman–Crippen MR) is 69.0 cm³/mol. The predicted octanol–water partition coefficient (Wildman–Crippen LogP) is 2.38. The van der Waals surface area contributed by atoms with Crippen molar-refractivity contribution in [3.05, 3.63) is 29.8 Å². The van der Waals surface area contributed by atoms with E-state index in [0.717, 1.165) is 5.56 Å². The van der Waals surface area contributed by atoms with E-state index in [9.17, 15) is 13.2 Å². The van der Waals surface area contributed by atoms with Gasteiger partial charge in [0.25, 0.3) is 0 Å². The molecule has 1 aromatic rings. The monoisotopic (exact) mass is 292 g/mol. The summed E-state index contributed by atoms with van der Waals surface area (Å²) in [5.41, 5.74) is 3.54. The van der Waals surface area contributed by atoms with Crippen LogP contribution in [0.4, 0.5) is 13.2 Å². The SMILES string of the molecule is COC(C)CC(Cc1ccc(OC(F)(F)F)cc1)NN. The molecule has 0 saturated heterocycles. The van der Waals surface area contributed by atoms with Gasteiger partial charge < -0.3 is 9.47 Å². The molecule has 0 aliphatic carbocycles. The van der Waals surface area contributed by atoms with E-state index in [-0.39, 0.29) is 17.9 Å². The lowest BCUT2D eigenvalue weighted by Crippen LogP contribution is -2.39. The first kappa shape index (κ1) is 16.7. The Morgan fingerprint density at radius 2 is 1.85 bits per heavy atom. The second kappa shape index (κ2) is 7.47. The molecular weight excluding hydrogens is 273 g/mol. The second-order valence-corrected chi connectivity index (χ2v) is 4.54. The van der Waals surface area contributed by atoms with Crippen LogP contribution in [0.3, 0.4) is 0 Å². The van der Waals surface area contributed by atoms with Crippen molar-refractivity contribution in [3.63, 3.8) is 0 Å². The minimum atomic E-state index is -4.67. The quantitative estimate of drug-likeness (QED) is 0.598. The summed E-state index contributed by atoms with van der Waals surface area (Å²) in [6.45, 7) is 1.92. The van der Waals surface area contributed by atoms with Crippen molar-refractivity contribution in [2.45, 2.75) is 38.3 Å². The van der Waals surface area contributed by atoms with Gasteiger partial charge in [-0.3, -0.25) is 11.3 Å². The molecule has 7 heteroatoms. The Kier molecular flexibility index (Phi) is 6.25. The Balaban J connectivity index is 2.59. The number of halogens is 3. The second-order valence-electron chi connectivity index (χ2n) is 4.54. The standard InChI is InChI=1S/C13H19F3N2O2/c1-9(19-2)7-11(18-17)8-10-3-5-12(6-4-10)20-13(14,15)16/h3-6,9,11,18H,7-8,17H2,1-2H3. The number of nitrogens with two attached hydrogens (primary N) is 1. The average molecular weight is 292 g/mol. The molecule has 1 rings (SSSR count). The molecular formula is C13H19F3N2O2. The summed E-state index contributed by atoms with van der Waals surface area (Å²) in [7, 11) is 1.61. The van der Waals surface area contributed by atoms with Crippen LogP contribution >= 0.6 is 0 Å². The van der Waals surface area contributed by atoms with E-state index in [0.29, 0.717) is 12.8 Å². The Morgan fingerprint density at radius 1 is 1.25 bits per heavy atom. The lowest BCUT2D eigenvalue weighted by molar-refractivity contribution is -0.274. The van der Waals surface area contributed by atoms with E-state index in [1.807, 2.05) is 6.92 Å². The number of methoxy groups -OCH3 is 1. The van der Waals surface area contributed by atoms with Crippen LogP contribution in [0.1, 0.15) is 18.9 Å². The molecule has 0 radical (unpaired) electrons. The van der Waals surface area contributed by atoms with Crippen molar-refractivity contribution in [1.82, 2.24) is 5.43 Å². The maximum absolute atomic E-state index is 12.0. The van der Waals surface area contributed by atoms with E-state index < -0.39 is 6.36 Å². The summed E-state index contributed by atoms with van der Waals surface area (Å²) in [6, 6.07) is 5.73. The summed E-state index contributed by atoms with van der Waals surface area (Å²) < 4.78 is 45.0. The molecule has 0 bridgehead atoms. The topological polar surface area (TPSA) is 56.5 Å². The molecule has 0 fully saturated rings. The van der Waals surface area contributed by atoms with Gasteiger partial charge in [-0.1, -0.05) is 12.1 Å². The number of hydrazine groups is 1. The molecule has 20 heavy (non-hydrogen) atoms. The fourth-order valence-electron chi connectivity index (χ4n) is 1.82. The van der Waals surface area contributed by atoms with Crippen LogP contribution in [-0.4, -0.2) is 25.6 Å². The number of rotatable bonds is 7. The van der Waals surface area contributed by atoms with Crippen molar-refractivity contribution in [1.29, 1.82) is 0 Å². The van der Waals surface area contributed by atoms with Gasteiger partial charge in [0.1, 0.15) is 5.75 Å². The molecule has 0 amide bonds. The van der Waals surface area contributed by atoms with Gasteiger partial charge in [0.2, 0.25) is 0 Å². The largest absolute Gasteiger partial charge is 0.573 e. The molecule has 0 spiro atoms. The lowest BCUT2D eigenvalue weighted by Gasteiger charge is -2.19. The van der Waals surface area contributed by atoms with Crippen LogP contribution in [0.2, 0.25) is 0 Å². The van der Waals surface area contributed by atoms with Crippen molar-refractivity contribution in [2.24, 2.45) is 5.84 Å². The van der Waals surface area contributed by atoms with E-state index in [4.69, 9.17) is 10.6 Å². The summed E-state index contributed by atoms with van der Waals surface area (Å²) in [5.74, 6) is 5.23. The van der Waals surface area contributed by atoms with Gasteiger partial charge in [0.15, 0.2) is 0 Å². The minimum absolute atomic E-state index is 0.0145. The number of nitrogens with one attached hydrogen (secondary N) is 1. The molecule has 0 aliphatic rings. The Bertz CT molecular complexity index is 396. The molecule has 2 unspecified atom stereocenters. The third kappa shape index (κ3) is 6.23. The van der Waals surface area contributed by atoms with Crippen LogP contribution in [0.5, 0.6) is 5.75 Å². The molecule has 0 aliphatic heterocycles. The zero-order valence-corrected chi connectivity index (χ0v) is 11.4. The van der Waals surface area contributed by atoms with Crippen molar-refractivity contribution >= 4 is 0 Å². The summed E-state index contributed by atoms with van der Waals surface area (Å²) in [5, 5.41) is 0. The molecule has 0 saturated carbocycles. The van der Waals surface area contributed by atoms with Gasteiger partial charge in [-0.05, 0) is 37.5 Å². The zero-order valence-electron chi connectivity index (χ0n) is 11.4. The highest BCUT2D eigenvalue weighted by atomic mass is 19.4. The van der Waals surface area contributed by atoms with E-state index in [1.165, 1.54) is 12.1 Å². The maximum Gasteiger partial charge on any atom is 0.573 e. The number of ether oxygens (including phenoxy) is 2. The van der Waals surface area contributed by atoms with Crippen molar-refractivity contribution in [3.8, 4) is 5.75 Å². The summed E-state index contributed by atoms with van der Waals surface area (Å²) in [4.78, 5) is 0. The zero-order chi connectivity index (χ0) is 15.2. The molecule has 0 aromatic heterocycles. The first-order valence-corrected chi connectivity index (χ1v) is 6.17. The molecule has 2 atom stereocenters. The van der Waals surface area contributed by atoms with Gasteiger partial charge in [0.05, 0.1) is 6.10 Å². The Labute approximate surface area is 116 Å². The molecule has 114 valence electrons. The van der Waals surface area contributed by atoms with Crippen LogP contribution in [0.15, 0.2) is 24.3 Å². The highest BCUT2D eigenvalue weighted by Crippen LogP contribution is 2.23. The number of hydrogen-bond acceptors (Lipinski definition) is 4. The number of hydrogen-bond donors (Lipinski definition) is 2. The normalized spacial score (nSPS) is 14.9. The molecule has 4 nitrogen and oxygen atoms in total. The van der Waals surface area contributed by atoms with E-state index >= 15 is 0 Å². The van der Waals surface area contributed by atoms with Gasteiger partial charge in [-0.25, -0.2) is 0 Å². The Hall–Kier alpha value is -1.31. The lowest BCUT2D eigenvalue weighted by atomic mass is 10.0. The van der Waals surface area contributed by atoms with E-state index in [2.05, 4.69) is 10.2 Å². The summed E-state index contributed by atoms with van der Waals surface area (Å²) in [6.07, 6.45) is -3.33. The van der Waals surface area contributed by atoms with Crippen molar-refractivity contribution < 1.29 is 22.6 Å². The fourth-order valence-corrected chi connectivity index (χ4v) is 1.82. The molecule has 1 aromatic carbocycles. The first-order valence-electron chi connectivity index (χ1n) is 6.17. The highest BCUT2D eigenvalue weighted by molar-refractivity contribution is 5.28. The average Bonchev–Trinajstić information content (AvgIpc) is 2.38. The van der Waals surface area contributed by atoms with Crippen LogP contribution in [0, 0.1) is 0 Å². The Morgan fingerprint density at radius 3 is 2.30 bits per heavy atom. The van der Waals surface area contributed by atoms with Gasteiger partial charge in [0, 0.05) is 13.2 Å². The highest BCUT2D eigenvalue weighted by Gasteiger charge is 2.30. The van der Waals surface area contributed by atoms with Crippen molar-refractivity contribution in [2.75, 3.05) is 7.11 Å². The molecule has 0 heterocycles. The third-order valence-electron chi connectivity index (χ3n) is 2.89. The molecule has 3 N–H and O–H groups in total. The minimum Gasteiger partial charge on any atom is -0.406 e. The van der Waals surface area contributed by atoms with Crippen LogP contribution < -0.4 is 16.0 Å². The number of alkyl halides is 3. The van der Waals surface area contributed by atoms with Crippen LogP contribution in [0.25, 0.3) is 0 Å². The van der Waals surface area contributed by atoms with Gasteiger partial charge in [-0.15, -0.1) is 13.2 Å². The third-order valence-corrected chi connectivity index (χ3v) is 2.89. The number of benzene rings is 1. The maximum atomic E-state index is 12.0. The first-order chi connectivity index (χ1) is 9.34. The van der Waals surface area contributed by atoms with Gasteiger partial charge in [-0.2, -0.15) is 0 Å². The van der Waals surface area contributed by atoms with E-state index in [1.54, 1.807) is 19.2 Å². The fraction of sp³-hybridized carbons (Fsp3) is 0.538. The smallest absolute Gasteiger partial charge is 0.406 e. The summed E-state index contributed by atoms with van der Waals surface area (Å²) >= 11 is 0. The van der Waals surface area contributed by atoms with Gasteiger partial charge >= 0.3 is 6.36 Å².